The van der Waals surface area contributed by atoms with Gasteiger partial charge in [-0.15, -0.1) is 0 Å². The molecule has 0 unspecified atom stereocenters. The molecule has 0 bridgehead atoms. The lowest BCUT2D eigenvalue weighted by atomic mass is 10.3. The van der Waals surface area contributed by atoms with Crippen molar-refractivity contribution in [3.05, 3.63) is 48.4 Å². The Labute approximate surface area is 146 Å². The fourth-order valence-electron chi connectivity index (χ4n) is 2.59. The van der Waals surface area contributed by atoms with Crippen LogP contribution in [0.4, 0.5) is 15.9 Å². The summed E-state index contributed by atoms with van der Waals surface area (Å²) < 4.78 is 18.3. The number of carbonyl (C=O) groups is 1. The van der Waals surface area contributed by atoms with E-state index >= 15 is 0 Å². The van der Waals surface area contributed by atoms with E-state index in [1.165, 1.54) is 18.2 Å². The number of pyridine rings is 1. The molecule has 1 aliphatic rings. The molecule has 1 N–H and O–H groups in total. The minimum atomic E-state index is -0.401. The van der Waals surface area contributed by atoms with Crippen LogP contribution in [0.5, 0.6) is 5.75 Å². The van der Waals surface area contributed by atoms with Crippen molar-refractivity contribution in [3.8, 4) is 5.75 Å². The lowest BCUT2D eigenvalue weighted by molar-refractivity contribution is -0.118. The van der Waals surface area contributed by atoms with Gasteiger partial charge in [0.05, 0.1) is 11.9 Å². The van der Waals surface area contributed by atoms with Crippen molar-refractivity contribution >= 4 is 17.4 Å². The van der Waals surface area contributed by atoms with Gasteiger partial charge in [0.25, 0.3) is 5.91 Å². The number of hydrogen-bond donors (Lipinski definition) is 1. The molecule has 3 rings (SSSR count). The maximum atomic E-state index is 13.1. The molecule has 1 amide bonds. The molecule has 0 spiro atoms. The maximum Gasteiger partial charge on any atom is 0.262 e. The SMILES string of the molecule is CN1CCN(c2ccc(NC(=O)COc3cccc(F)c3)cn2)CC1. The maximum absolute atomic E-state index is 13.1. The molecule has 2 aromatic rings. The fourth-order valence-corrected chi connectivity index (χ4v) is 2.59. The lowest BCUT2D eigenvalue weighted by Gasteiger charge is -2.33. The molecule has 25 heavy (non-hydrogen) atoms. The van der Waals surface area contributed by atoms with E-state index in [-0.39, 0.29) is 12.5 Å². The molecule has 1 aliphatic heterocycles. The van der Waals surface area contributed by atoms with Crippen LogP contribution in [0.25, 0.3) is 0 Å². The minimum absolute atomic E-state index is 0.191. The summed E-state index contributed by atoms with van der Waals surface area (Å²) in [5, 5.41) is 2.72. The van der Waals surface area contributed by atoms with Gasteiger partial charge >= 0.3 is 0 Å². The number of anilines is 2. The quantitative estimate of drug-likeness (QED) is 0.899. The molecule has 1 aromatic carbocycles. The van der Waals surface area contributed by atoms with Crippen LogP contribution in [0.2, 0.25) is 0 Å². The number of rotatable bonds is 5. The lowest BCUT2D eigenvalue weighted by Crippen LogP contribution is -2.44. The van der Waals surface area contributed by atoms with Crippen molar-refractivity contribution < 1.29 is 13.9 Å². The van der Waals surface area contributed by atoms with Crippen LogP contribution in [0, 0.1) is 5.82 Å². The second-order valence-corrected chi connectivity index (χ2v) is 5.99. The molecular formula is C18H21FN4O2. The third kappa shape index (κ3) is 4.90. The van der Waals surface area contributed by atoms with Crippen LogP contribution in [-0.2, 0) is 4.79 Å². The second-order valence-electron chi connectivity index (χ2n) is 5.99. The Morgan fingerprint density at radius 1 is 1.24 bits per heavy atom. The highest BCUT2D eigenvalue weighted by molar-refractivity contribution is 5.91. The largest absolute Gasteiger partial charge is 0.484 e. The van der Waals surface area contributed by atoms with Crippen LogP contribution in [0.1, 0.15) is 0 Å². The number of ether oxygens (including phenoxy) is 1. The second kappa shape index (κ2) is 7.94. The Morgan fingerprint density at radius 3 is 2.72 bits per heavy atom. The molecular weight excluding hydrogens is 323 g/mol. The standard InChI is InChI=1S/C18H21FN4O2/c1-22-7-9-23(10-8-22)17-6-5-15(12-20-17)21-18(24)13-25-16-4-2-3-14(19)11-16/h2-6,11-12H,7-10,13H2,1H3,(H,21,24). The van der Waals surface area contributed by atoms with Gasteiger partial charge < -0.3 is 19.9 Å². The van der Waals surface area contributed by atoms with Crippen molar-refractivity contribution in [3.63, 3.8) is 0 Å². The molecule has 0 aliphatic carbocycles. The number of nitrogens with zero attached hydrogens (tertiary/aromatic N) is 3. The first-order chi connectivity index (χ1) is 12.1. The number of aromatic nitrogens is 1. The number of nitrogens with one attached hydrogen (secondary N) is 1. The normalized spacial score (nSPS) is 15.0. The Morgan fingerprint density at radius 2 is 2.04 bits per heavy atom. The summed E-state index contributed by atoms with van der Waals surface area (Å²) in [4.78, 5) is 20.8. The molecule has 6 nitrogen and oxygen atoms in total. The monoisotopic (exact) mass is 344 g/mol. The highest BCUT2D eigenvalue weighted by Crippen LogP contribution is 2.16. The van der Waals surface area contributed by atoms with Crippen molar-refractivity contribution in [1.29, 1.82) is 0 Å². The van der Waals surface area contributed by atoms with Gasteiger partial charge in [-0.1, -0.05) is 6.07 Å². The summed E-state index contributed by atoms with van der Waals surface area (Å²) in [6, 6.07) is 9.40. The van der Waals surface area contributed by atoms with Crippen LogP contribution < -0.4 is 15.0 Å². The van der Waals surface area contributed by atoms with E-state index in [4.69, 9.17) is 4.74 Å². The van der Waals surface area contributed by atoms with Crippen LogP contribution in [0.15, 0.2) is 42.6 Å². The number of amides is 1. The van der Waals surface area contributed by atoms with E-state index in [1.807, 2.05) is 12.1 Å². The van der Waals surface area contributed by atoms with E-state index in [0.717, 1.165) is 32.0 Å². The summed E-state index contributed by atoms with van der Waals surface area (Å²) in [7, 11) is 2.11. The average molecular weight is 344 g/mol. The number of carbonyl (C=O) groups excluding carboxylic acids is 1. The van der Waals surface area contributed by atoms with Gasteiger partial charge in [0.2, 0.25) is 0 Å². The van der Waals surface area contributed by atoms with Gasteiger partial charge in [-0.3, -0.25) is 4.79 Å². The van der Waals surface area contributed by atoms with Gasteiger partial charge in [0.15, 0.2) is 6.61 Å². The van der Waals surface area contributed by atoms with Gasteiger partial charge in [0, 0.05) is 32.2 Å². The molecule has 1 saturated heterocycles. The van der Waals surface area contributed by atoms with Crippen molar-refractivity contribution in [2.45, 2.75) is 0 Å². The zero-order valence-electron chi connectivity index (χ0n) is 14.1. The fraction of sp³-hybridized carbons (Fsp3) is 0.333. The van der Waals surface area contributed by atoms with Crippen molar-refractivity contribution in [1.82, 2.24) is 9.88 Å². The number of piperazine rings is 1. The van der Waals surface area contributed by atoms with Gasteiger partial charge in [-0.05, 0) is 31.3 Å². The highest BCUT2D eigenvalue weighted by atomic mass is 19.1. The van der Waals surface area contributed by atoms with Crippen LogP contribution in [0.3, 0.4) is 0 Å². The molecule has 0 radical (unpaired) electrons. The Kier molecular flexibility index (Phi) is 5.45. The zero-order chi connectivity index (χ0) is 17.6. The number of likely N-dealkylation sites (N-methyl/N-ethyl adjacent to an activating group) is 1. The first-order valence-corrected chi connectivity index (χ1v) is 8.18. The average Bonchev–Trinajstić information content (AvgIpc) is 2.62. The Bertz CT molecular complexity index is 715. The Hall–Kier alpha value is -2.67. The van der Waals surface area contributed by atoms with Crippen LogP contribution in [-0.4, -0.2) is 55.6 Å². The summed E-state index contributed by atoms with van der Waals surface area (Å²) >= 11 is 0. The van der Waals surface area contributed by atoms with Crippen molar-refractivity contribution in [2.24, 2.45) is 0 Å². The van der Waals surface area contributed by atoms with E-state index < -0.39 is 5.82 Å². The van der Waals surface area contributed by atoms with Gasteiger partial charge in [0.1, 0.15) is 17.4 Å². The summed E-state index contributed by atoms with van der Waals surface area (Å²) in [5.41, 5.74) is 0.603. The Balaban J connectivity index is 1.50. The number of hydrogen-bond acceptors (Lipinski definition) is 5. The third-order valence-electron chi connectivity index (χ3n) is 4.02. The molecule has 7 heteroatoms. The summed E-state index contributed by atoms with van der Waals surface area (Å²) in [6.07, 6.45) is 1.63. The minimum Gasteiger partial charge on any atom is -0.484 e. The molecule has 132 valence electrons. The topological polar surface area (TPSA) is 57.7 Å². The van der Waals surface area contributed by atoms with E-state index in [9.17, 15) is 9.18 Å². The first kappa shape index (κ1) is 17.2. The molecule has 0 atom stereocenters. The predicted octanol–water partition coefficient (Wildman–Crippen LogP) is 1.99. The molecule has 2 heterocycles. The summed E-state index contributed by atoms with van der Waals surface area (Å²) in [5.74, 6) is 0.501. The summed E-state index contributed by atoms with van der Waals surface area (Å²) in [6.45, 7) is 3.71. The van der Waals surface area contributed by atoms with Crippen LogP contribution >= 0.6 is 0 Å². The number of benzene rings is 1. The predicted molar refractivity (Wildman–Crippen MR) is 94.5 cm³/mol. The van der Waals surface area contributed by atoms with E-state index in [0.29, 0.717) is 11.4 Å². The van der Waals surface area contributed by atoms with E-state index in [2.05, 4.69) is 27.1 Å². The molecule has 0 saturated carbocycles. The highest BCUT2D eigenvalue weighted by Gasteiger charge is 2.15. The van der Waals surface area contributed by atoms with E-state index in [1.54, 1.807) is 12.3 Å². The van der Waals surface area contributed by atoms with Gasteiger partial charge in [-0.25, -0.2) is 9.37 Å². The smallest absolute Gasteiger partial charge is 0.262 e. The molecule has 1 fully saturated rings. The number of halogens is 1. The van der Waals surface area contributed by atoms with Crippen molar-refractivity contribution in [2.75, 3.05) is 50.1 Å². The van der Waals surface area contributed by atoms with Gasteiger partial charge in [-0.2, -0.15) is 0 Å². The third-order valence-corrected chi connectivity index (χ3v) is 4.02. The molecule has 1 aromatic heterocycles. The first-order valence-electron chi connectivity index (χ1n) is 8.18. The zero-order valence-corrected chi connectivity index (χ0v) is 14.1.